The van der Waals surface area contributed by atoms with Crippen LogP contribution in [0, 0.1) is 0 Å². The van der Waals surface area contributed by atoms with E-state index in [0.29, 0.717) is 35.6 Å². The summed E-state index contributed by atoms with van der Waals surface area (Å²) in [6, 6.07) is 7.01. The first-order valence-corrected chi connectivity index (χ1v) is 13.8. The molecule has 1 aromatic heterocycles. The van der Waals surface area contributed by atoms with E-state index in [1.54, 1.807) is 15.5 Å². The molecule has 1 aliphatic heterocycles. The fraction of sp³-hybridized carbons (Fsp3) is 0.591. The summed E-state index contributed by atoms with van der Waals surface area (Å²) in [5.74, 6) is 0.230. The second kappa shape index (κ2) is 10.6. The number of fused-ring (bicyclic) bond motifs is 1. The van der Waals surface area contributed by atoms with E-state index in [0.717, 1.165) is 25.7 Å². The highest BCUT2D eigenvalue weighted by Gasteiger charge is 2.34. The minimum Gasteiger partial charge on any atom is -0.338 e. The summed E-state index contributed by atoms with van der Waals surface area (Å²) >= 11 is 1.27. The average Bonchev–Trinajstić information content (AvgIpc) is 3.11. The van der Waals surface area contributed by atoms with Crippen LogP contribution >= 0.6 is 11.8 Å². The van der Waals surface area contributed by atoms with Crippen LogP contribution in [0.2, 0.25) is 0 Å². The highest BCUT2D eigenvalue weighted by Crippen LogP contribution is 2.23. The first-order chi connectivity index (χ1) is 14.9. The Labute approximate surface area is 188 Å². The van der Waals surface area contributed by atoms with Crippen LogP contribution < -0.4 is 5.56 Å². The lowest BCUT2D eigenvalue weighted by atomic mass is 10.2. The van der Waals surface area contributed by atoms with Crippen molar-refractivity contribution in [3.05, 3.63) is 34.6 Å². The highest BCUT2D eigenvalue weighted by atomic mass is 32.2. The molecule has 2 aromatic rings. The van der Waals surface area contributed by atoms with Crippen molar-refractivity contribution in [3.8, 4) is 0 Å². The molecule has 0 spiro atoms. The van der Waals surface area contributed by atoms with Gasteiger partial charge in [-0.05, 0) is 31.4 Å². The number of thioether (sulfide) groups is 1. The van der Waals surface area contributed by atoms with Gasteiger partial charge in [-0.1, -0.05) is 50.6 Å². The van der Waals surface area contributed by atoms with E-state index in [1.807, 2.05) is 25.1 Å². The third kappa shape index (κ3) is 5.88. The molecule has 1 unspecified atom stereocenters. The zero-order chi connectivity index (χ0) is 22.4. The SMILES string of the molecule is CCCCN(C(=O)CSc1nc2ccccc2c(=O)n1CCCC)C1CCS(=O)(=O)C1. The zero-order valence-electron chi connectivity index (χ0n) is 18.2. The van der Waals surface area contributed by atoms with Crippen LogP contribution in [0.5, 0.6) is 0 Å². The summed E-state index contributed by atoms with van der Waals surface area (Å²) in [5, 5.41) is 1.12. The molecule has 0 radical (unpaired) electrons. The van der Waals surface area contributed by atoms with Crippen molar-refractivity contribution in [1.82, 2.24) is 14.5 Å². The molecule has 2 heterocycles. The predicted octanol–water partition coefficient (Wildman–Crippen LogP) is 3.10. The Bertz CT molecular complexity index is 1080. The Morgan fingerprint density at radius 2 is 1.97 bits per heavy atom. The number of sulfone groups is 1. The molecular weight excluding hydrogens is 434 g/mol. The van der Waals surface area contributed by atoms with Gasteiger partial charge in [-0.2, -0.15) is 0 Å². The van der Waals surface area contributed by atoms with Gasteiger partial charge in [-0.3, -0.25) is 14.2 Å². The Balaban J connectivity index is 1.82. The minimum atomic E-state index is -3.07. The van der Waals surface area contributed by atoms with Crippen LogP contribution in [0.4, 0.5) is 0 Å². The molecule has 3 rings (SSSR count). The highest BCUT2D eigenvalue weighted by molar-refractivity contribution is 7.99. The van der Waals surface area contributed by atoms with Crippen LogP contribution in [-0.4, -0.2) is 58.6 Å². The number of para-hydroxylation sites is 1. The maximum atomic E-state index is 13.1. The lowest BCUT2D eigenvalue weighted by Gasteiger charge is -2.28. The van der Waals surface area contributed by atoms with Gasteiger partial charge in [0.25, 0.3) is 5.56 Å². The summed E-state index contributed by atoms with van der Waals surface area (Å²) in [5.41, 5.74) is 0.540. The molecule has 1 amide bonds. The van der Waals surface area contributed by atoms with Gasteiger partial charge in [0.05, 0.1) is 28.2 Å². The monoisotopic (exact) mass is 465 g/mol. The van der Waals surface area contributed by atoms with E-state index in [4.69, 9.17) is 0 Å². The number of carbonyl (C=O) groups excluding carboxylic acids is 1. The molecule has 0 bridgehead atoms. The number of hydrogen-bond donors (Lipinski definition) is 0. The van der Waals surface area contributed by atoms with Crippen LogP contribution in [0.25, 0.3) is 10.9 Å². The van der Waals surface area contributed by atoms with Gasteiger partial charge in [0, 0.05) is 19.1 Å². The largest absolute Gasteiger partial charge is 0.338 e. The number of carbonyl (C=O) groups is 1. The molecule has 0 saturated carbocycles. The van der Waals surface area contributed by atoms with Gasteiger partial charge in [-0.15, -0.1) is 0 Å². The number of amides is 1. The summed E-state index contributed by atoms with van der Waals surface area (Å²) in [4.78, 5) is 32.5. The topological polar surface area (TPSA) is 89.3 Å². The number of rotatable bonds is 10. The lowest BCUT2D eigenvalue weighted by Crippen LogP contribution is -2.42. The van der Waals surface area contributed by atoms with E-state index < -0.39 is 9.84 Å². The van der Waals surface area contributed by atoms with Crippen molar-refractivity contribution in [2.45, 2.75) is 63.7 Å². The van der Waals surface area contributed by atoms with Gasteiger partial charge >= 0.3 is 0 Å². The van der Waals surface area contributed by atoms with Crippen molar-refractivity contribution >= 4 is 38.4 Å². The maximum absolute atomic E-state index is 13.1. The molecule has 170 valence electrons. The van der Waals surface area contributed by atoms with E-state index >= 15 is 0 Å². The van der Waals surface area contributed by atoms with E-state index in [9.17, 15) is 18.0 Å². The van der Waals surface area contributed by atoms with Crippen molar-refractivity contribution in [3.63, 3.8) is 0 Å². The third-order valence-corrected chi connectivity index (χ3v) is 8.32. The number of nitrogens with zero attached hydrogens (tertiary/aromatic N) is 3. The molecule has 7 nitrogen and oxygen atoms in total. The van der Waals surface area contributed by atoms with Gasteiger partial charge in [0.15, 0.2) is 15.0 Å². The Morgan fingerprint density at radius 3 is 2.65 bits per heavy atom. The van der Waals surface area contributed by atoms with E-state index in [2.05, 4.69) is 11.9 Å². The molecule has 1 aromatic carbocycles. The fourth-order valence-electron chi connectivity index (χ4n) is 3.84. The summed E-state index contributed by atoms with van der Waals surface area (Å²) in [6.45, 7) is 5.24. The molecule has 1 fully saturated rings. The Kier molecular flexibility index (Phi) is 8.16. The fourth-order valence-corrected chi connectivity index (χ4v) is 6.48. The van der Waals surface area contributed by atoms with Crippen LogP contribution in [0.15, 0.2) is 34.2 Å². The summed E-state index contributed by atoms with van der Waals surface area (Å²) < 4.78 is 25.5. The first kappa shape index (κ1) is 23.8. The number of benzene rings is 1. The third-order valence-electron chi connectivity index (χ3n) is 5.61. The molecule has 1 saturated heterocycles. The second-order valence-electron chi connectivity index (χ2n) is 8.01. The standard InChI is InChI=1S/C22H31N3O4S2/c1-3-5-12-24(17-11-14-31(28,29)16-17)20(26)15-30-22-23-19-10-8-7-9-18(19)21(27)25(22)13-6-4-2/h7-10,17H,3-6,11-16H2,1-2H3. The predicted molar refractivity (Wildman–Crippen MR) is 125 cm³/mol. The maximum Gasteiger partial charge on any atom is 0.262 e. The molecule has 1 atom stereocenters. The minimum absolute atomic E-state index is 0.0442. The first-order valence-electron chi connectivity index (χ1n) is 11.0. The molecule has 0 aliphatic carbocycles. The van der Waals surface area contributed by atoms with E-state index in [-0.39, 0.29) is 34.8 Å². The molecule has 1 aliphatic rings. The Morgan fingerprint density at radius 1 is 1.23 bits per heavy atom. The van der Waals surface area contributed by atoms with Gasteiger partial charge in [-0.25, -0.2) is 13.4 Å². The zero-order valence-corrected chi connectivity index (χ0v) is 19.9. The van der Waals surface area contributed by atoms with Crippen LogP contribution in [0.3, 0.4) is 0 Å². The quantitative estimate of drug-likeness (QED) is 0.396. The van der Waals surface area contributed by atoms with Crippen molar-refractivity contribution in [2.24, 2.45) is 0 Å². The molecular formula is C22H31N3O4S2. The van der Waals surface area contributed by atoms with Gasteiger partial charge < -0.3 is 4.90 Å². The second-order valence-corrected chi connectivity index (χ2v) is 11.2. The van der Waals surface area contributed by atoms with Crippen molar-refractivity contribution in [2.75, 3.05) is 23.8 Å². The Hall–Kier alpha value is -1.87. The normalized spacial score (nSPS) is 17.8. The van der Waals surface area contributed by atoms with Crippen molar-refractivity contribution in [1.29, 1.82) is 0 Å². The average molecular weight is 466 g/mol. The number of hydrogen-bond acceptors (Lipinski definition) is 6. The van der Waals surface area contributed by atoms with Gasteiger partial charge in [0.2, 0.25) is 5.91 Å². The van der Waals surface area contributed by atoms with Crippen molar-refractivity contribution < 1.29 is 13.2 Å². The van der Waals surface area contributed by atoms with E-state index in [1.165, 1.54) is 11.8 Å². The number of aromatic nitrogens is 2. The lowest BCUT2D eigenvalue weighted by molar-refractivity contribution is -0.130. The van der Waals surface area contributed by atoms with Crippen LogP contribution in [0.1, 0.15) is 46.0 Å². The molecule has 0 N–H and O–H groups in total. The summed E-state index contributed by atoms with van der Waals surface area (Å²) in [6.07, 6.45) is 4.06. The molecule has 9 heteroatoms. The van der Waals surface area contributed by atoms with Crippen LogP contribution in [-0.2, 0) is 21.2 Å². The summed E-state index contributed by atoms with van der Waals surface area (Å²) in [7, 11) is -3.07. The smallest absolute Gasteiger partial charge is 0.262 e. The molecule has 31 heavy (non-hydrogen) atoms. The number of unbranched alkanes of at least 4 members (excludes halogenated alkanes) is 2. The van der Waals surface area contributed by atoms with Gasteiger partial charge in [0.1, 0.15) is 0 Å².